The van der Waals surface area contributed by atoms with Crippen LogP contribution in [0.5, 0.6) is 0 Å². The molecule has 3 fully saturated rings. The van der Waals surface area contributed by atoms with Gasteiger partial charge in [-0.25, -0.2) is 8.42 Å². The van der Waals surface area contributed by atoms with Crippen molar-refractivity contribution >= 4 is 31.9 Å². The SMILES string of the molecule is CC(NC(=O)c1cc(S(=O)(=O)N2CCCC2)ccc1Br)C1CC2CCC1C2. The lowest BCUT2D eigenvalue weighted by atomic mass is 9.84. The molecule has 7 heteroatoms. The second-order valence-corrected chi connectivity index (χ2v) is 11.1. The predicted octanol–water partition coefficient (Wildman–Crippen LogP) is 3.79. The van der Waals surface area contributed by atoms with E-state index in [0.717, 1.165) is 24.7 Å². The molecule has 1 saturated heterocycles. The van der Waals surface area contributed by atoms with E-state index in [1.807, 2.05) is 0 Å². The molecule has 27 heavy (non-hydrogen) atoms. The summed E-state index contributed by atoms with van der Waals surface area (Å²) < 4.78 is 27.8. The number of carbonyl (C=O) groups is 1. The van der Waals surface area contributed by atoms with Crippen LogP contribution in [0.2, 0.25) is 0 Å². The van der Waals surface area contributed by atoms with Gasteiger partial charge in [0.25, 0.3) is 5.91 Å². The predicted molar refractivity (Wildman–Crippen MR) is 108 cm³/mol. The Hall–Kier alpha value is -0.920. The molecule has 0 radical (unpaired) electrons. The number of nitrogens with one attached hydrogen (secondary N) is 1. The molecular weight excluding hydrogens is 428 g/mol. The molecule has 4 atom stereocenters. The lowest BCUT2D eigenvalue weighted by Gasteiger charge is -2.28. The van der Waals surface area contributed by atoms with E-state index in [1.165, 1.54) is 36.1 Å². The molecule has 1 heterocycles. The van der Waals surface area contributed by atoms with Crippen LogP contribution < -0.4 is 5.32 Å². The fourth-order valence-corrected chi connectivity index (χ4v) is 7.18. The average Bonchev–Trinajstić information content (AvgIpc) is 3.39. The maximum absolute atomic E-state index is 12.9. The minimum atomic E-state index is -3.53. The Morgan fingerprint density at radius 2 is 1.96 bits per heavy atom. The zero-order valence-corrected chi connectivity index (χ0v) is 18.1. The number of hydrogen-bond acceptors (Lipinski definition) is 3. The van der Waals surface area contributed by atoms with Crippen LogP contribution in [0.3, 0.4) is 0 Å². The van der Waals surface area contributed by atoms with Crippen LogP contribution in [0.15, 0.2) is 27.6 Å². The van der Waals surface area contributed by atoms with Crippen molar-refractivity contribution in [1.82, 2.24) is 9.62 Å². The molecule has 2 saturated carbocycles. The highest BCUT2D eigenvalue weighted by Gasteiger charge is 2.42. The summed E-state index contributed by atoms with van der Waals surface area (Å²) in [6.45, 7) is 3.20. The van der Waals surface area contributed by atoms with E-state index in [-0.39, 0.29) is 16.8 Å². The number of amides is 1. The normalized spacial score (nSPS) is 29.2. The topological polar surface area (TPSA) is 66.5 Å². The van der Waals surface area contributed by atoms with Crippen LogP contribution in [-0.4, -0.2) is 37.8 Å². The van der Waals surface area contributed by atoms with Gasteiger partial charge in [-0.3, -0.25) is 4.79 Å². The standard InChI is InChI=1S/C20H27BrN2O3S/c1-13(17-11-14-4-5-15(17)10-14)22-20(24)18-12-16(6-7-19(18)21)27(25,26)23-8-2-3-9-23/h6-7,12-15,17H,2-5,8-11H2,1H3,(H,22,24). The number of benzene rings is 1. The van der Waals surface area contributed by atoms with Gasteiger partial charge in [-0.15, -0.1) is 0 Å². The van der Waals surface area contributed by atoms with Crippen molar-refractivity contribution in [2.75, 3.05) is 13.1 Å². The number of sulfonamides is 1. The Morgan fingerprint density at radius 1 is 1.22 bits per heavy atom. The van der Waals surface area contributed by atoms with Crippen LogP contribution >= 0.6 is 15.9 Å². The van der Waals surface area contributed by atoms with Gasteiger partial charge in [-0.1, -0.05) is 6.42 Å². The van der Waals surface area contributed by atoms with E-state index in [9.17, 15) is 13.2 Å². The molecule has 4 unspecified atom stereocenters. The summed E-state index contributed by atoms with van der Waals surface area (Å²) in [6, 6.07) is 4.87. The molecule has 4 rings (SSSR count). The second kappa shape index (κ2) is 7.48. The van der Waals surface area contributed by atoms with E-state index >= 15 is 0 Å². The van der Waals surface area contributed by atoms with Crippen LogP contribution in [0.1, 0.15) is 55.8 Å². The van der Waals surface area contributed by atoms with Crippen molar-refractivity contribution in [1.29, 1.82) is 0 Å². The van der Waals surface area contributed by atoms with Gasteiger partial charge in [0.1, 0.15) is 0 Å². The van der Waals surface area contributed by atoms with E-state index < -0.39 is 10.0 Å². The summed E-state index contributed by atoms with van der Waals surface area (Å²) in [5, 5.41) is 3.13. The van der Waals surface area contributed by atoms with Crippen molar-refractivity contribution < 1.29 is 13.2 Å². The van der Waals surface area contributed by atoms with Crippen LogP contribution in [-0.2, 0) is 10.0 Å². The zero-order chi connectivity index (χ0) is 19.2. The highest BCUT2D eigenvalue weighted by Crippen LogP contribution is 2.49. The van der Waals surface area contributed by atoms with Crippen LogP contribution in [0, 0.1) is 17.8 Å². The summed E-state index contributed by atoms with van der Waals surface area (Å²) in [7, 11) is -3.53. The van der Waals surface area contributed by atoms with Gasteiger partial charge in [0.15, 0.2) is 0 Å². The third kappa shape index (κ3) is 3.70. The van der Waals surface area contributed by atoms with Gasteiger partial charge >= 0.3 is 0 Å². The molecule has 1 N–H and O–H groups in total. The molecule has 1 aromatic rings. The molecule has 2 bridgehead atoms. The van der Waals surface area contributed by atoms with Gasteiger partial charge in [0.05, 0.1) is 10.5 Å². The first-order valence-corrected chi connectivity index (χ1v) is 12.2. The second-order valence-electron chi connectivity index (χ2n) is 8.35. The molecule has 0 aromatic heterocycles. The first-order valence-electron chi connectivity index (χ1n) is 9.97. The number of carbonyl (C=O) groups excluding carboxylic acids is 1. The van der Waals surface area contributed by atoms with Gasteiger partial charge < -0.3 is 5.32 Å². The quantitative estimate of drug-likeness (QED) is 0.735. The monoisotopic (exact) mass is 454 g/mol. The van der Waals surface area contributed by atoms with Gasteiger partial charge in [0.2, 0.25) is 10.0 Å². The smallest absolute Gasteiger partial charge is 0.252 e. The lowest BCUT2D eigenvalue weighted by Crippen LogP contribution is -2.40. The summed E-state index contributed by atoms with van der Waals surface area (Å²) in [5.41, 5.74) is 0.394. The summed E-state index contributed by atoms with van der Waals surface area (Å²) >= 11 is 3.42. The Balaban J connectivity index is 1.51. The zero-order valence-electron chi connectivity index (χ0n) is 15.7. The van der Waals surface area contributed by atoms with Crippen molar-refractivity contribution in [3.63, 3.8) is 0 Å². The van der Waals surface area contributed by atoms with Crippen molar-refractivity contribution in [2.45, 2.75) is 56.4 Å². The van der Waals surface area contributed by atoms with E-state index in [0.29, 0.717) is 29.0 Å². The van der Waals surface area contributed by atoms with Crippen molar-refractivity contribution in [3.8, 4) is 0 Å². The molecular formula is C20H27BrN2O3S. The number of hydrogen-bond donors (Lipinski definition) is 1. The fraction of sp³-hybridized carbons (Fsp3) is 0.650. The molecule has 2 aliphatic carbocycles. The maximum Gasteiger partial charge on any atom is 0.252 e. The molecule has 1 amide bonds. The Bertz CT molecular complexity index is 836. The molecule has 5 nitrogen and oxygen atoms in total. The van der Waals surface area contributed by atoms with E-state index in [4.69, 9.17) is 0 Å². The molecule has 1 aromatic carbocycles. The third-order valence-corrected chi connectivity index (χ3v) is 9.27. The van der Waals surface area contributed by atoms with Crippen LogP contribution in [0.4, 0.5) is 0 Å². The summed E-state index contributed by atoms with van der Waals surface area (Å²) in [4.78, 5) is 13.1. The highest BCUT2D eigenvalue weighted by molar-refractivity contribution is 9.10. The fourth-order valence-electron chi connectivity index (χ4n) is 5.21. The number of fused-ring (bicyclic) bond motifs is 2. The molecule has 0 spiro atoms. The first-order chi connectivity index (χ1) is 12.9. The number of halogens is 1. The van der Waals surface area contributed by atoms with E-state index in [1.54, 1.807) is 12.1 Å². The Kier molecular flexibility index (Phi) is 5.38. The largest absolute Gasteiger partial charge is 0.349 e. The van der Waals surface area contributed by atoms with Crippen LogP contribution in [0.25, 0.3) is 0 Å². The Labute approximate surface area is 170 Å². The van der Waals surface area contributed by atoms with Crippen molar-refractivity contribution in [3.05, 3.63) is 28.2 Å². The number of rotatable bonds is 5. The summed E-state index contributed by atoms with van der Waals surface area (Å²) in [6.07, 6.45) is 6.91. The average molecular weight is 455 g/mol. The minimum Gasteiger partial charge on any atom is -0.349 e. The minimum absolute atomic E-state index is 0.110. The third-order valence-electron chi connectivity index (χ3n) is 6.68. The van der Waals surface area contributed by atoms with Gasteiger partial charge in [0, 0.05) is 23.6 Å². The van der Waals surface area contributed by atoms with Gasteiger partial charge in [-0.2, -0.15) is 4.31 Å². The first kappa shape index (κ1) is 19.4. The highest BCUT2D eigenvalue weighted by atomic mass is 79.9. The van der Waals surface area contributed by atoms with Gasteiger partial charge in [-0.05, 0) is 90.9 Å². The molecule has 148 valence electrons. The number of nitrogens with zero attached hydrogens (tertiary/aromatic N) is 1. The lowest BCUT2D eigenvalue weighted by molar-refractivity contribution is 0.0914. The van der Waals surface area contributed by atoms with Crippen molar-refractivity contribution in [2.24, 2.45) is 17.8 Å². The van der Waals surface area contributed by atoms with E-state index in [2.05, 4.69) is 28.2 Å². The Morgan fingerprint density at radius 3 is 2.59 bits per heavy atom. The molecule has 3 aliphatic rings. The summed E-state index contributed by atoms with van der Waals surface area (Å²) in [5.74, 6) is 1.91. The molecule has 1 aliphatic heterocycles. The maximum atomic E-state index is 12.9.